The highest BCUT2D eigenvalue weighted by atomic mass is 32.1. The van der Waals surface area contributed by atoms with Gasteiger partial charge in [-0.3, -0.25) is 9.88 Å². The van der Waals surface area contributed by atoms with Gasteiger partial charge in [0.25, 0.3) is 0 Å². The molecule has 1 spiro atoms. The standard InChI is InChI=1S/C19H25N3O2S/c1-14-4-3-5-17(21-14)10-23-9-16-6-7-24-19(16)11-22(12-19)8-18-15(2)20-13-25-18/h3-5,13,16H,6-12H2,1-2H3/t16-/m1/s1. The summed E-state index contributed by atoms with van der Waals surface area (Å²) in [6, 6.07) is 6.07. The molecule has 0 N–H and O–H groups in total. The maximum Gasteiger partial charge on any atom is 0.0985 e. The van der Waals surface area contributed by atoms with Crippen LogP contribution in [0.3, 0.4) is 0 Å². The van der Waals surface area contributed by atoms with Crippen molar-refractivity contribution in [3.63, 3.8) is 0 Å². The Balaban J connectivity index is 1.27. The zero-order chi connectivity index (χ0) is 17.3. The van der Waals surface area contributed by atoms with E-state index < -0.39 is 0 Å². The van der Waals surface area contributed by atoms with Gasteiger partial charge in [0.2, 0.25) is 0 Å². The highest BCUT2D eigenvalue weighted by Crippen LogP contribution is 2.41. The summed E-state index contributed by atoms with van der Waals surface area (Å²) >= 11 is 1.75. The van der Waals surface area contributed by atoms with Crippen molar-refractivity contribution >= 4 is 11.3 Å². The third-order valence-electron chi connectivity index (χ3n) is 5.31. The third-order valence-corrected chi connectivity index (χ3v) is 6.23. The molecule has 2 saturated heterocycles. The summed E-state index contributed by atoms with van der Waals surface area (Å²) in [5.41, 5.74) is 5.13. The van der Waals surface area contributed by atoms with Gasteiger partial charge in [-0.05, 0) is 32.4 Å². The number of thiazole rings is 1. The molecule has 0 saturated carbocycles. The summed E-state index contributed by atoms with van der Waals surface area (Å²) in [6.45, 7) is 9.27. The number of rotatable bonds is 6. The van der Waals surface area contributed by atoms with Crippen molar-refractivity contribution in [2.75, 3.05) is 26.3 Å². The first-order valence-electron chi connectivity index (χ1n) is 8.90. The van der Waals surface area contributed by atoms with Crippen LogP contribution in [0.4, 0.5) is 0 Å². The van der Waals surface area contributed by atoms with Crippen molar-refractivity contribution in [1.82, 2.24) is 14.9 Å². The number of likely N-dealkylation sites (tertiary alicyclic amines) is 1. The first kappa shape index (κ1) is 17.1. The van der Waals surface area contributed by atoms with Gasteiger partial charge in [-0.25, -0.2) is 4.98 Å². The van der Waals surface area contributed by atoms with Crippen LogP contribution in [0.2, 0.25) is 0 Å². The second kappa shape index (κ2) is 7.11. The van der Waals surface area contributed by atoms with Gasteiger partial charge in [0.05, 0.1) is 35.7 Å². The Bertz CT molecular complexity index is 727. The van der Waals surface area contributed by atoms with E-state index in [0.717, 1.165) is 56.4 Å². The van der Waals surface area contributed by atoms with E-state index in [1.54, 1.807) is 11.3 Å². The summed E-state index contributed by atoms with van der Waals surface area (Å²) in [7, 11) is 0. The summed E-state index contributed by atoms with van der Waals surface area (Å²) in [6.07, 6.45) is 1.09. The zero-order valence-corrected chi connectivity index (χ0v) is 15.7. The molecule has 4 rings (SSSR count). The molecule has 4 heterocycles. The summed E-state index contributed by atoms with van der Waals surface area (Å²) in [5, 5.41) is 0. The van der Waals surface area contributed by atoms with Crippen LogP contribution in [-0.2, 0) is 22.6 Å². The molecule has 0 aliphatic carbocycles. The van der Waals surface area contributed by atoms with Gasteiger partial charge in [-0.2, -0.15) is 0 Å². The van der Waals surface area contributed by atoms with Gasteiger partial charge in [0, 0.05) is 42.7 Å². The Morgan fingerprint density at radius 2 is 2.24 bits per heavy atom. The largest absolute Gasteiger partial charge is 0.375 e. The Labute approximate surface area is 153 Å². The molecule has 0 radical (unpaired) electrons. The Kier molecular flexibility index (Phi) is 4.86. The van der Waals surface area contributed by atoms with Gasteiger partial charge >= 0.3 is 0 Å². The minimum atomic E-state index is -0.00136. The van der Waals surface area contributed by atoms with Crippen molar-refractivity contribution < 1.29 is 9.47 Å². The van der Waals surface area contributed by atoms with Gasteiger partial charge in [0.1, 0.15) is 0 Å². The number of hydrogen-bond donors (Lipinski definition) is 0. The molecule has 2 aromatic heterocycles. The summed E-state index contributed by atoms with van der Waals surface area (Å²) < 4.78 is 12.1. The molecule has 2 aliphatic heterocycles. The molecule has 5 nitrogen and oxygen atoms in total. The van der Waals surface area contributed by atoms with Crippen molar-refractivity contribution in [1.29, 1.82) is 0 Å². The minimum Gasteiger partial charge on any atom is -0.375 e. The average Bonchev–Trinajstić information content (AvgIpc) is 3.15. The van der Waals surface area contributed by atoms with Crippen LogP contribution in [0, 0.1) is 19.8 Å². The van der Waals surface area contributed by atoms with E-state index in [1.807, 2.05) is 30.6 Å². The molecule has 0 unspecified atom stereocenters. The lowest BCUT2D eigenvalue weighted by atomic mass is 9.81. The second-order valence-electron chi connectivity index (χ2n) is 7.19. The van der Waals surface area contributed by atoms with Crippen LogP contribution in [0.5, 0.6) is 0 Å². The molecule has 0 aromatic carbocycles. The van der Waals surface area contributed by atoms with Crippen LogP contribution in [0.15, 0.2) is 23.7 Å². The molecular formula is C19H25N3O2S. The van der Waals surface area contributed by atoms with Crippen molar-refractivity contribution in [3.05, 3.63) is 45.7 Å². The lowest BCUT2D eigenvalue weighted by Crippen LogP contribution is -2.64. The second-order valence-corrected chi connectivity index (χ2v) is 8.13. The lowest BCUT2D eigenvalue weighted by molar-refractivity contribution is -0.146. The number of aryl methyl sites for hydroxylation is 2. The van der Waals surface area contributed by atoms with Crippen molar-refractivity contribution in [2.24, 2.45) is 5.92 Å². The molecule has 6 heteroatoms. The van der Waals surface area contributed by atoms with Gasteiger partial charge < -0.3 is 9.47 Å². The molecule has 25 heavy (non-hydrogen) atoms. The smallest absolute Gasteiger partial charge is 0.0985 e. The Morgan fingerprint density at radius 3 is 3.00 bits per heavy atom. The van der Waals surface area contributed by atoms with E-state index in [2.05, 4.69) is 21.8 Å². The SMILES string of the molecule is Cc1cccc(COC[C@H]2CCOC23CN(Cc2scnc2C)C3)n1. The molecular weight excluding hydrogens is 334 g/mol. The van der Waals surface area contributed by atoms with Crippen LogP contribution >= 0.6 is 11.3 Å². The van der Waals surface area contributed by atoms with Gasteiger partial charge in [-0.1, -0.05) is 6.07 Å². The predicted molar refractivity (Wildman–Crippen MR) is 97.5 cm³/mol. The van der Waals surface area contributed by atoms with E-state index in [-0.39, 0.29) is 5.60 Å². The lowest BCUT2D eigenvalue weighted by Gasteiger charge is -2.50. The fourth-order valence-corrected chi connectivity index (χ4v) is 4.68. The van der Waals surface area contributed by atoms with E-state index in [0.29, 0.717) is 12.5 Å². The quantitative estimate of drug-likeness (QED) is 0.794. The number of ether oxygens (including phenoxy) is 2. The normalized spacial score (nSPS) is 22.4. The maximum absolute atomic E-state index is 6.14. The molecule has 134 valence electrons. The number of nitrogens with zero attached hydrogens (tertiary/aromatic N) is 3. The van der Waals surface area contributed by atoms with Crippen LogP contribution < -0.4 is 0 Å². The maximum atomic E-state index is 6.14. The van der Waals surface area contributed by atoms with Crippen molar-refractivity contribution in [3.8, 4) is 0 Å². The molecule has 2 fully saturated rings. The molecule has 2 aliphatic rings. The van der Waals surface area contributed by atoms with E-state index in [1.165, 1.54) is 4.88 Å². The summed E-state index contributed by atoms with van der Waals surface area (Å²) in [4.78, 5) is 12.7. The number of hydrogen-bond acceptors (Lipinski definition) is 6. The number of pyridine rings is 1. The highest BCUT2D eigenvalue weighted by molar-refractivity contribution is 7.09. The van der Waals surface area contributed by atoms with E-state index in [9.17, 15) is 0 Å². The van der Waals surface area contributed by atoms with Crippen LogP contribution in [0.1, 0.15) is 28.4 Å². The Hall–Kier alpha value is -1.34. The topological polar surface area (TPSA) is 47.5 Å². The van der Waals surface area contributed by atoms with Crippen LogP contribution in [0.25, 0.3) is 0 Å². The van der Waals surface area contributed by atoms with E-state index >= 15 is 0 Å². The first-order valence-corrected chi connectivity index (χ1v) is 9.78. The third kappa shape index (κ3) is 3.62. The van der Waals surface area contributed by atoms with E-state index in [4.69, 9.17) is 9.47 Å². The molecule has 0 bridgehead atoms. The first-order chi connectivity index (χ1) is 12.1. The van der Waals surface area contributed by atoms with Gasteiger partial charge in [-0.15, -0.1) is 11.3 Å². The minimum absolute atomic E-state index is 0.00136. The molecule has 1 atom stereocenters. The average molecular weight is 359 g/mol. The fourth-order valence-electron chi connectivity index (χ4n) is 3.86. The fraction of sp³-hybridized carbons (Fsp3) is 0.579. The van der Waals surface area contributed by atoms with Gasteiger partial charge in [0.15, 0.2) is 0 Å². The van der Waals surface area contributed by atoms with Crippen LogP contribution in [-0.4, -0.2) is 46.8 Å². The van der Waals surface area contributed by atoms with Crippen molar-refractivity contribution in [2.45, 2.75) is 39.0 Å². The Morgan fingerprint density at radius 1 is 1.36 bits per heavy atom. The zero-order valence-electron chi connectivity index (χ0n) is 14.9. The molecule has 0 amide bonds. The monoisotopic (exact) mass is 359 g/mol. The highest BCUT2D eigenvalue weighted by Gasteiger charge is 2.52. The summed E-state index contributed by atoms with van der Waals surface area (Å²) in [5.74, 6) is 0.483. The molecule has 2 aromatic rings. The predicted octanol–water partition coefficient (Wildman–Crippen LogP) is 2.96. The number of aromatic nitrogens is 2.